The number of piperidine rings is 1. The molecular weight excluding hydrogens is 196 g/mol. The molecule has 6 heteroatoms. The van der Waals surface area contributed by atoms with Crippen LogP contribution in [0.4, 0.5) is 0 Å². The molecule has 1 saturated heterocycles. The van der Waals surface area contributed by atoms with Crippen LogP contribution in [0.25, 0.3) is 0 Å². The molecule has 0 saturated carbocycles. The number of carboxylic acid groups (broad SMARTS) is 1. The molecule has 2 unspecified atom stereocenters. The number of rotatable bonds is 2. The third-order valence-electron chi connectivity index (χ3n) is 2.88. The maximum Gasteiger partial charge on any atom is 0.320 e. The number of hydrogen-bond acceptors (Lipinski definition) is 4. The lowest BCUT2D eigenvalue weighted by atomic mass is 9.92. The van der Waals surface area contributed by atoms with E-state index in [0.717, 1.165) is 12.1 Å². The summed E-state index contributed by atoms with van der Waals surface area (Å²) >= 11 is 0. The van der Waals surface area contributed by atoms with Crippen LogP contribution in [-0.2, 0) is 11.8 Å². The molecule has 2 rings (SSSR count). The number of carbonyl (C=O) groups is 1. The Labute approximate surface area is 87.3 Å². The highest BCUT2D eigenvalue weighted by Gasteiger charge is 2.27. The third kappa shape index (κ3) is 1.99. The first kappa shape index (κ1) is 10.1. The van der Waals surface area contributed by atoms with Gasteiger partial charge in [-0.05, 0) is 12.8 Å². The van der Waals surface area contributed by atoms with E-state index in [1.54, 1.807) is 10.9 Å². The van der Waals surface area contributed by atoms with Crippen molar-refractivity contribution in [2.24, 2.45) is 7.05 Å². The first-order valence-electron chi connectivity index (χ1n) is 4.99. The highest BCUT2D eigenvalue weighted by molar-refractivity contribution is 5.73. The normalized spacial score (nSPS) is 26.5. The number of nitrogens with zero attached hydrogens (tertiary/aromatic N) is 3. The largest absolute Gasteiger partial charge is 0.480 e. The zero-order valence-corrected chi connectivity index (χ0v) is 8.55. The average molecular weight is 210 g/mol. The molecule has 2 heterocycles. The van der Waals surface area contributed by atoms with Crippen molar-refractivity contribution < 1.29 is 9.90 Å². The molecule has 2 N–H and O–H groups in total. The second kappa shape index (κ2) is 3.98. The van der Waals surface area contributed by atoms with Crippen LogP contribution in [-0.4, -0.2) is 38.7 Å². The van der Waals surface area contributed by atoms with Gasteiger partial charge in [0.1, 0.15) is 6.04 Å². The number of nitrogens with one attached hydrogen (secondary N) is 1. The Morgan fingerprint density at radius 3 is 2.93 bits per heavy atom. The minimum absolute atomic E-state index is 0.320. The molecule has 1 aliphatic rings. The predicted octanol–water partition coefficient (Wildman–Crippen LogP) is -0.265. The van der Waals surface area contributed by atoms with Crippen LogP contribution in [0.2, 0.25) is 0 Å². The minimum atomic E-state index is -0.767. The lowest BCUT2D eigenvalue weighted by molar-refractivity contribution is -0.140. The second-order valence-corrected chi connectivity index (χ2v) is 3.86. The van der Waals surface area contributed by atoms with Crippen LogP contribution in [0.1, 0.15) is 24.5 Å². The van der Waals surface area contributed by atoms with E-state index in [9.17, 15) is 4.79 Å². The Kier molecular flexibility index (Phi) is 2.68. The van der Waals surface area contributed by atoms with E-state index in [1.165, 1.54) is 0 Å². The first-order chi connectivity index (χ1) is 7.18. The zero-order valence-electron chi connectivity index (χ0n) is 8.55. The molecule has 0 radical (unpaired) electrons. The van der Waals surface area contributed by atoms with E-state index in [1.807, 2.05) is 7.05 Å². The van der Waals surface area contributed by atoms with Gasteiger partial charge in [-0.3, -0.25) is 9.48 Å². The number of aryl methyl sites for hydroxylation is 1. The Morgan fingerprint density at radius 2 is 2.47 bits per heavy atom. The van der Waals surface area contributed by atoms with Crippen molar-refractivity contribution in [2.45, 2.75) is 24.8 Å². The van der Waals surface area contributed by atoms with Crippen LogP contribution in [0, 0.1) is 0 Å². The van der Waals surface area contributed by atoms with Crippen LogP contribution in [0.5, 0.6) is 0 Å². The molecule has 6 nitrogen and oxygen atoms in total. The van der Waals surface area contributed by atoms with Crippen molar-refractivity contribution in [1.29, 1.82) is 0 Å². The third-order valence-corrected chi connectivity index (χ3v) is 2.88. The van der Waals surface area contributed by atoms with Gasteiger partial charge >= 0.3 is 5.97 Å². The summed E-state index contributed by atoms with van der Waals surface area (Å²) in [7, 11) is 1.85. The van der Waals surface area contributed by atoms with Crippen molar-refractivity contribution in [3.8, 4) is 0 Å². The van der Waals surface area contributed by atoms with E-state index in [2.05, 4.69) is 15.6 Å². The van der Waals surface area contributed by atoms with Gasteiger partial charge in [0, 0.05) is 19.5 Å². The quantitative estimate of drug-likeness (QED) is 0.702. The molecular formula is C9H14N4O2. The van der Waals surface area contributed by atoms with Crippen LogP contribution in [0.15, 0.2) is 6.20 Å². The Hall–Kier alpha value is -1.43. The summed E-state index contributed by atoms with van der Waals surface area (Å²) in [5, 5.41) is 19.5. The van der Waals surface area contributed by atoms with Gasteiger partial charge in [-0.1, -0.05) is 5.21 Å². The summed E-state index contributed by atoms with van der Waals surface area (Å²) < 4.78 is 1.74. The van der Waals surface area contributed by atoms with E-state index in [0.29, 0.717) is 18.9 Å². The topological polar surface area (TPSA) is 80.0 Å². The van der Waals surface area contributed by atoms with Gasteiger partial charge < -0.3 is 10.4 Å². The van der Waals surface area contributed by atoms with Crippen molar-refractivity contribution in [3.05, 3.63) is 11.9 Å². The molecule has 0 spiro atoms. The van der Waals surface area contributed by atoms with E-state index in [4.69, 9.17) is 5.11 Å². The van der Waals surface area contributed by atoms with Crippen LogP contribution in [0.3, 0.4) is 0 Å². The molecule has 1 aromatic rings. The molecule has 1 fully saturated rings. The fraction of sp³-hybridized carbons (Fsp3) is 0.667. The van der Waals surface area contributed by atoms with Crippen molar-refractivity contribution >= 4 is 5.97 Å². The zero-order chi connectivity index (χ0) is 10.8. The molecule has 15 heavy (non-hydrogen) atoms. The van der Waals surface area contributed by atoms with Crippen molar-refractivity contribution in [3.63, 3.8) is 0 Å². The highest BCUT2D eigenvalue weighted by atomic mass is 16.4. The minimum Gasteiger partial charge on any atom is -0.480 e. The second-order valence-electron chi connectivity index (χ2n) is 3.86. The summed E-state index contributed by atoms with van der Waals surface area (Å²) in [6, 6.07) is -0.401. The van der Waals surface area contributed by atoms with Gasteiger partial charge in [-0.2, -0.15) is 0 Å². The lowest BCUT2D eigenvalue weighted by Crippen LogP contribution is -2.43. The Bertz CT molecular complexity index is 355. The molecule has 1 aliphatic heterocycles. The lowest BCUT2D eigenvalue weighted by Gasteiger charge is -2.26. The van der Waals surface area contributed by atoms with Gasteiger partial charge in [-0.25, -0.2) is 0 Å². The standard InChI is InChI=1S/C9H14N4O2/c1-13-8(5-11-12-13)6-2-3-7(9(14)15)10-4-6/h5-7,10H,2-4H2,1H3,(H,14,15). The van der Waals surface area contributed by atoms with E-state index in [-0.39, 0.29) is 0 Å². The SMILES string of the molecule is Cn1nncc1C1CCC(C(=O)O)NC1. The summed E-state index contributed by atoms with van der Waals surface area (Å²) in [4.78, 5) is 10.7. The van der Waals surface area contributed by atoms with Gasteiger partial charge in [0.25, 0.3) is 0 Å². The molecule has 82 valence electrons. The van der Waals surface area contributed by atoms with E-state index < -0.39 is 12.0 Å². The van der Waals surface area contributed by atoms with E-state index >= 15 is 0 Å². The molecule has 0 aromatic carbocycles. The summed E-state index contributed by atoms with van der Waals surface area (Å²) in [5.74, 6) is -0.447. The smallest absolute Gasteiger partial charge is 0.320 e. The molecule has 1 aromatic heterocycles. The maximum atomic E-state index is 10.7. The molecule has 0 bridgehead atoms. The first-order valence-corrected chi connectivity index (χ1v) is 4.99. The fourth-order valence-electron chi connectivity index (χ4n) is 1.99. The Balaban J connectivity index is 2.00. The highest BCUT2D eigenvalue weighted by Crippen LogP contribution is 2.23. The van der Waals surface area contributed by atoms with Crippen molar-refractivity contribution in [2.75, 3.05) is 6.54 Å². The van der Waals surface area contributed by atoms with Crippen LogP contribution >= 0.6 is 0 Å². The average Bonchev–Trinajstić information content (AvgIpc) is 2.65. The van der Waals surface area contributed by atoms with Crippen LogP contribution < -0.4 is 5.32 Å². The number of aromatic nitrogens is 3. The number of carboxylic acids is 1. The fourth-order valence-corrected chi connectivity index (χ4v) is 1.99. The maximum absolute atomic E-state index is 10.7. The monoisotopic (exact) mass is 210 g/mol. The van der Waals surface area contributed by atoms with Gasteiger partial charge in [-0.15, -0.1) is 5.10 Å². The number of aliphatic carboxylic acids is 1. The number of hydrogen-bond donors (Lipinski definition) is 2. The van der Waals surface area contributed by atoms with Crippen molar-refractivity contribution in [1.82, 2.24) is 20.3 Å². The van der Waals surface area contributed by atoms with Gasteiger partial charge in [0.15, 0.2) is 0 Å². The summed E-state index contributed by atoms with van der Waals surface area (Å²) in [5.41, 5.74) is 1.06. The molecule has 2 atom stereocenters. The van der Waals surface area contributed by atoms with Gasteiger partial charge in [0.2, 0.25) is 0 Å². The Morgan fingerprint density at radius 1 is 1.67 bits per heavy atom. The summed E-state index contributed by atoms with van der Waals surface area (Å²) in [6.45, 7) is 0.679. The molecule has 0 aliphatic carbocycles. The van der Waals surface area contributed by atoms with Gasteiger partial charge in [0.05, 0.1) is 11.9 Å². The summed E-state index contributed by atoms with van der Waals surface area (Å²) in [6.07, 6.45) is 3.27. The predicted molar refractivity (Wildman–Crippen MR) is 52.4 cm³/mol. The molecule has 0 amide bonds.